The van der Waals surface area contributed by atoms with Gasteiger partial charge in [-0.25, -0.2) is 0 Å². The number of aromatic nitrogens is 2. The lowest BCUT2D eigenvalue weighted by Crippen LogP contribution is -2.36. The predicted octanol–water partition coefficient (Wildman–Crippen LogP) is 4.36. The van der Waals surface area contributed by atoms with E-state index in [-0.39, 0.29) is 11.9 Å². The van der Waals surface area contributed by atoms with Gasteiger partial charge in [-0.3, -0.25) is 4.79 Å². The normalized spacial score (nSPS) is 15.4. The van der Waals surface area contributed by atoms with Gasteiger partial charge in [0.05, 0.1) is 12.9 Å². The zero-order valence-electron chi connectivity index (χ0n) is 15.6. The average Bonchev–Trinajstić information content (AvgIpc) is 3.29. The second-order valence-corrected chi connectivity index (χ2v) is 8.66. The van der Waals surface area contributed by atoms with E-state index in [1.54, 1.807) is 7.11 Å². The summed E-state index contributed by atoms with van der Waals surface area (Å²) in [6.45, 7) is 2.09. The largest absolute Gasteiger partial charge is 0.497 e. The number of fused-ring (bicyclic) bond motifs is 1. The third-order valence-electron chi connectivity index (χ3n) is 4.54. The van der Waals surface area contributed by atoms with Crippen LogP contribution >= 0.6 is 23.1 Å². The van der Waals surface area contributed by atoms with E-state index in [0.717, 1.165) is 27.9 Å². The maximum absolute atomic E-state index is 12.8. The van der Waals surface area contributed by atoms with Gasteiger partial charge >= 0.3 is 0 Å². The Kier molecular flexibility index (Phi) is 5.50. The van der Waals surface area contributed by atoms with Crippen molar-refractivity contribution in [1.82, 2.24) is 10.2 Å². The molecule has 6 nitrogen and oxygen atoms in total. The highest BCUT2D eigenvalue weighted by atomic mass is 32.2. The molecule has 0 fully saturated rings. The molecule has 0 aliphatic carbocycles. The molecule has 0 saturated heterocycles. The van der Waals surface area contributed by atoms with Crippen molar-refractivity contribution >= 4 is 45.5 Å². The number of methoxy groups -OCH3 is 1. The highest BCUT2D eigenvalue weighted by Gasteiger charge is 2.30. The molecule has 1 amide bonds. The van der Waals surface area contributed by atoms with Crippen LogP contribution in [0.4, 0.5) is 16.5 Å². The zero-order chi connectivity index (χ0) is 19.5. The molecular formula is C20H20N4O2S2. The van der Waals surface area contributed by atoms with Crippen LogP contribution in [0.25, 0.3) is 0 Å². The van der Waals surface area contributed by atoms with Gasteiger partial charge in [-0.1, -0.05) is 41.3 Å². The minimum Gasteiger partial charge on any atom is -0.497 e. The summed E-state index contributed by atoms with van der Waals surface area (Å²) in [4.78, 5) is 14.7. The molecule has 0 saturated carbocycles. The van der Waals surface area contributed by atoms with Gasteiger partial charge in [0.15, 0.2) is 4.34 Å². The van der Waals surface area contributed by atoms with Crippen molar-refractivity contribution in [2.45, 2.75) is 23.7 Å². The number of thioether (sulfide) groups is 1. The quantitative estimate of drug-likeness (QED) is 0.607. The number of anilines is 3. The monoisotopic (exact) mass is 412 g/mol. The number of benzene rings is 2. The Morgan fingerprint density at radius 2 is 2.04 bits per heavy atom. The Hall–Kier alpha value is -2.58. The van der Waals surface area contributed by atoms with Gasteiger partial charge in [-0.15, -0.1) is 10.2 Å². The van der Waals surface area contributed by atoms with E-state index in [9.17, 15) is 4.79 Å². The third kappa shape index (κ3) is 3.98. The van der Waals surface area contributed by atoms with E-state index in [4.69, 9.17) is 4.74 Å². The van der Waals surface area contributed by atoms with Crippen LogP contribution in [0.5, 0.6) is 5.75 Å². The van der Waals surface area contributed by atoms with Crippen LogP contribution < -0.4 is 15.0 Å². The van der Waals surface area contributed by atoms with Crippen molar-refractivity contribution < 1.29 is 9.53 Å². The molecule has 1 aliphatic heterocycles. The van der Waals surface area contributed by atoms with Crippen LogP contribution in [0, 0.1) is 0 Å². The molecule has 4 rings (SSSR count). The van der Waals surface area contributed by atoms with Crippen molar-refractivity contribution in [2.24, 2.45) is 0 Å². The molecule has 2 heterocycles. The lowest BCUT2D eigenvalue weighted by molar-refractivity contribution is -0.116. The molecule has 8 heteroatoms. The summed E-state index contributed by atoms with van der Waals surface area (Å²) in [5, 5.41) is 12.3. The first-order valence-corrected chi connectivity index (χ1v) is 10.7. The number of hydrogen-bond donors (Lipinski definition) is 1. The number of rotatable bonds is 6. The van der Waals surface area contributed by atoms with E-state index in [1.165, 1.54) is 28.7 Å². The van der Waals surface area contributed by atoms with Crippen molar-refractivity contribution in [3.63, 3.8) is 0 Å². The maximum atomic E-state index is 12.8. The molecule has 0 spiro atoms. The molecule has 28 heavy (non-hydrogen) atoms. The fourth-order valence-electron chi connectivity index (χ4n) is 3.26. The highest BCUT2D eigenvalue weighted by Crippen LogP contribution is 2.34. The number of amides is 1. The van der Waals surface area contributed by atoms with Crippen molar-refractivity contribution in [1.29, 1.82) is 0 Å². The van der Waals surface area contributed by atoms with Crippen LogP contribution in [-0.4, -0.2) is 35.0 Å². The predicted molar refractivity (Wildman–Crippen MR) is 114 cm³/mol. The van der Waals surface area contributed by atoms with Gasteiger partial charge in [0, 0.05) is 17.4 Å². The summed E-state index contributed by atoms with van der Waals surface area (Å²) in [6, 6.07) is 15.9. The summed E-state index contributed by atoms with van der Waals surface area (Å²) < 4.78 is 5.93. The minimum atomic E-state index is 0.0994. The topological polar surface area (TPSA) is 67.3 Å². The summed E-state index contributed by atoms with van der Waals surface area (Å²) in [7, 11) is 1.64. The minimum absolute atomic E-state index is 0.0994. The van der Waals surface area contributed by atoms with E-state index in [2.05, 4.69) is 28.5 Å². The van der Waals surface area contributed by atoms with Crippen LogP contribution in [-0.2, 0) is 11.2 Å². The Labute approximate surface area is 171 Å². The Morgan fingerprint density at radius 1 is 1.25 bits per heavy atom. The maximum Gasteiger partial charge on any atom is 0.237 e. The molecule has 1 aromatic heterocycles. The molecule has 1 aliphatic rings. The summed E-state index contributed by atoms with van der Waals surface area (Å²) >= 11 is 2.86. The summed E-state index contributed by atoms with van der Waals surface area (Å²) in [5.41, 5.74) is 3.17. The Morgan fingerprint density at radius 3 is 2.82 bits per heavy atom. The van der Waals surface area contributed by atoms with Crippen molar-refractivity contribution in [3.8, 4) is 5.75 Å². The average molecular weight is 413 g/mol. The first-order valence-electron chi connectivity index (χ1n) is 8.91. The van der Waals surface area contributed by atoms with Gasteiger partial charge in [0.2, 0.25) is 11.0 Å². The van der Waals surface area contributed by atoms with Crippen LogP contribution in [0.3, 0.4) is 0 Å². The fourth-order valence-corrected chi connectivity index (χ4v) is 4.89. The summed E-state index contributed by atoms with van der Waals surface area (Å²) in [6.07, 6.45) is 0.904. The molecular weight excluding hydrogens is 392 g/mol. The SMILES string of the molecule is COc1ccc(Nc2nnc(SCC(=O)N3c4ccccc4C[C@@H]3C)s2)cc1. The van der Waals surface area contributed by atoms with Crippen molar-refractivity contribution in [3.05, 3.63) is 54.1 Å². The van der Waals surface area contributed by atoms with Crippen LogP contribution in [0.2, 0.25) is 0 Å². The lowest BCUT2D eigenvalue weighted by Gasteiger charge is -2.22. The number of hydrogen-bond acceptors (Lipinski definition) is 7. The number of para-hydroxylation sites is 1. The van der Waals surface area contributed by atoms with Gasteiger partial charge in [0.25, 0.3) is 0 Å². The molecule has 0 radical (unpaired) electrons. The molecule has 144 valence electrons. The third-order valence-corrected chi connectivity index (χ3v) is 6.50. The Balaban J connectivity index is 1.36. The number of carbonyl (C=O) groups excluding carboxylic acids is 1. The van der Waals surface area contributed by atoms with Gasteiger partial charge in [-0.2, -0.15) is 0 Å². The van der Waals surface area contributed by atoms with Gasteiger partial charge < -0.3 is 15.0 Å². The van der Waals surface area contributed by atoms with Gasteiger partial charge in [-0.05, 0) is 49.2 Å². The standard InChI is InChI=1S/C20H20N4O2S2/c1-13-11-14-5-3-4-6-17(14)24(13)18(25)12-27-20-23-22-19(28-20)21-15-7-9-16(26-2)10-8-15/h3-10,13H,11-12H2,1-2H3,(H,21,22)/t13-/m0/s1. The van der Waals surface area contributed by atoms with E-state index >= 15 is 0 Å². The van der Waals surface area contributed by atoms with E-state index in [0.29, 0.717) is 10.9 Å². The first-order chi connectivity index (χ1) is 13.6. The summed E-state index contributed by atoms with van der Waals surface area (Å²) in [5.74, 6) is 1.24. The zero-order valence-corrected chi connectivity index (χ0v) is 17.2. The molecule has 1 N–H and O–H groups in total. The van der Waals surface area contributed by atoms with Crippen LogP contribution in [0.15, 0.2) is 52.9 Å². The number of ether oxygens (including phenoxy) is 1. The molecule has 3 aromatic rings. The molecule has 1 atom stereocenters. The molecule has 0 bridgehead atoms. The number of carbonyl (C=O) groups is 1. The highest BCUT2D eigenvalue weighted by molar-refractivity contribution is 8.01. The molecule has 2 aromatic carbocycles. The lowest BCUT2D eigenvalue weighted by atomic mass is 10.1. The number of nitrogens with zero attached hydrogens (tertiary/aromatic N) is 3. The van der Waals surface area contributed by atoms with E-state index in [1.807, 2.05) is 47.4 Å². The van der Waals surface area contributed by atoms with E-state index < -0.39 is 0 Å². The number of nitrogens with one attached hydrogen (secondary N) is 1. The second kappa shape index (κ2) is 8.20. The Bertz CT molecular complexity index is 974. The van der Waals surface area contributed by atoms with Gasteiger partial charge in [0.1, 0.15) is 5.75 Å². The smallest absolute Gasteiger partial charge is 0.237 e. The fraction of sp³-hybridized carbons (Fsp3) is 0.250. The first kappa shape index (κ1) is 18.8. The van der Waals surface area contributed by atoms with Crippen molar-refractivity contribution in [2.75, 3.05) is 23.1 Å². The second-order valence-electron chi connectivity index (χ2n) is 6.46. The van der Waals surface area contributed by atoms with Crippen LogP contribution in [0.1, 0.15) is 12.5 Å². The molecule has 0 unspecified atom stereocenters.